The molecule has 4 N–H and O–H groups in total. The number of halogens is 2. The van der Waals surface area contributed by atoms with Crippen molar-refractivity contribution >= 4 is 5.91 Å². The summed E-state index contributed by atoms with van der Waals surface area (Å²) in [5, 5.41) is 11.1. The smallest absolute Gasteiger partial charge is 0.265 e. The molecule has 0 aliphatic heterocycles. The summed E-state index contributed by atoms with van der Waals surface area (Å²) in [5.41, 5.74) is 4.12. The van der Waals surface area contributed by atoms with Gasteiger partial charge in [-0.3, -0.25) is 4.79 Å². The first-order valence-electron chi connectivity index (χ1n) is 5.03. The van der Waals surface area contributed by atoms with Gasteiger partial charge in [-0.1, -0.05) is 0 Å². The zero-order chi connectivity index (χ0) is 13.1. The van der Waals surface area contributed by atoms with Crippen LogP contribution in [0.2, 0.25) is 0 Å². The summed E-state index contributed by atoms with van der Waals surface area (Å²) in [5.74, 6) is -0.459. The van der Waals surface area contributed by atoms with E-state index in [0.29, 0.717) is 0 Å². The Hall–Kier alpha value is -0.750. The average Bonchev–Trinajstić information content (AvgIpc) is 2.11. The summed E-state index contributed by atoms with van der Waals surface area (Å²) in [6.07, 6.45) is -4.71. The molecule has 0 aromatic carbocycles. The number of nitrogens with two attached hydrogens (primary N) is 1. The van der Waals surface area contributed by atoms with E-state index in [1.165, 1.54) is 0 Å². The fourth-order valence-corrected chi connectivity index (χ4v) is 0.800. The fraction of sp³-hybridized carbons (Fsp3) is 0.900. The Morgan fingerprint density at radius 2 is 1.81 bits per heavy atom. The first-order valence-corrected chi connectivity index (χ1v) is 5.03. The van der Waals surface area contributed by atoms with Crippen LogP contribution in [0.1, 0.15) is 27.7 Å². The van der Waals surface area contributed by atoms with Gasteiger partial charge in [0.25, 0.3) is 6.43 Å². The molecule has 0 saturated heterocycles. The average molecular weight is 238 g/mol. The largest absolute Gasteiger partial charge is 0.385 e. The van der Waals surface area contributed by atoms with Gasteiger partial charge in [0.05, 0.1) is 5.41 Å². The molecule has 1 unspecified atom stereocenters. The van der Waals surface area contributed by atoms with Gasteiger partial charge >= 0.3 is 0 Å². The highest BCUT2D eigenvalue weighted by atomic mass is 19.3. The van der Waals surface area contributed by atoms with Crippen LogP contribution in [-0.2, 0) is 4.79 Å². The Morgan fingerprint density at radius 1 is 1.38 bits per heavy atom. The Bertz CT molecular complexity index is 250. The van der Waals surface area contributed by atoms with Crippen LogP contribution in [0, 0.1) is 5.41 Å². The van der Waals surface area contributed by atoms with Crippen molar-refractivity contribution in [2.45, 2.75) is 45.8 Å². The highest BCUT2D eigenvalue weighted by Gasteiger charge is 2.40. The van der Waals surface area contributed by atoms with Gasteiger partial charge < -0.3 is 16.2 Å². The van der Waals surface area contributed by atoms with Crippen molar-refractivity contribution in [3.63, 3.8) is 0 Å². The van der Waals surface area contributed by atoms with Gasteiger partial charge in [-0.15, -0.1) is 0 Å². The van der Waals surface area contributed by atoms with Crippen molar-refractivity contribution in [2.24, 2.45) is 11.1 Å². The summed E-state index contributed by atoms with van der Waals surface area (Å²) in [6.45, 7) is 6.12. The molecule has 0 bridgehead atoms. The minimum atomic E-state index is -2.87. The summed E-state index contributed by atoms with van der Waals surface area (Å²) in [4.78, 5) is 11.7. The third-order valence-corrected chi connectivity index (χ3v) is 2.94. The van der Waals surface area contributed by atoms with Crippen LogP contribution in [0.25, 0.3) is 0 Å². The molecule has 96 valence electrons. The molecule has 0 heterocycles. The van der Waals surface area contributed by atoms with Crippen molar-refractivity contribution in [2.75, 3.05) is 6.54 Å². The summed E-state index contributed by atoms with van der Waals surface area (Å²) < 4.78 is 24.0. The predicted molar refractivity (Wildman–Crippen MR) is 57.1 cm³/mol. The van der Waals surface area contributed by atoms with E-state index in [2.05, 4.69) is 5.32 Å². The van der Waals surface area contributed by atoms with Crippen LogP contribution in [0.4, 0.5) is 8.78 Å². The highest BCUT2D eigenvalue weighted by molar-refractivity contribution is 5.83. The van der Waals surface area contributed by atoms with E-state index in [1.54, 1.807) is 27.7 Å². The Balaban J connectivity index is 4.38. The fourth-order valence-electron chi connectivity index (χ4n) is 0.800. The molecule has 1 amide bonds. The maximum absolute atomic E-state index is 12.0. The van der Waals surface area contributed by atoms with Gasteiger partial charge in [0.15, 0.2) is 0 Å². The third kappa shape index (κ3) is 3.68. The number of carbonyl (C=O) groups excluding carboxylic acids is 1. The first-order chi connectivity index (χ1) is 7.00. The maximum Gasteiger partial charge on any atom is 0.265 e. The first kappa shape index (κ1) is 15.2. The molecule has 0 spiro atoms. The van der Waals surface area contributed by atoms with Gasteiger partial charge in [-0.2, -0.15) is 0 Å². The minimum absolute atomic E-state index is 0.459. The molecule has 0 radical (unpaired) electrons. The molecule has 1 atom stereocenters. The summed E-state index contributed by atoms with van der Waals surface area (Å²) in [7, 11) is 0. The van der Waals surface area contributed by atoms with E-state index in [9.17, 15) is 13.6 Å². The van der Waals surface area contributed by atoms with Crippen LogP contribution < -0.4 is 11.1 Å². The maximum atomic E-state index is 12.0. The molecule has 4 nitrogen and oxygen atoms in total. The number of rotatable bonds is 5. The number of hydrogen-bond acceptors (Lipinski definition) is 3. The predicted octanol–water partition coefficient (Wildman–Crippen LogP) is 0.492. The van der Waals surface area contributed by atoms with Gasteiger partial charge in [-0.25, -0.2) is 8.78 Å². The number of aliphatic hydroxyl groups is 1. The van der Waals surface area contributed by atoms with E-state index in [0.717, 1.165) is 0 Å². The van der Waals surface area contributed by atoms with Crippen molar-refractivity contribution in [1.82, 2.24) is 5.32 Å². The third-order valence-electron chi connectivity index (χ3n) is 2.94. The number of carbonyl (C=O) groups is 1. The number of aliphatic hydroxyl groups excluding tert-OH is 1. The van der Waals surface area contributed by atoms with E-state index < -0.39 is 35.9 Å². The zero-order valence-electron chi connectivity index (χ0n) is 10.1. The Morgan fingerprint density at radius 3 is 2.12 bits per heavy atom. The lowest BCUT2D eigenvalue weighted by Crippen LogP contribution is -2.56. The van der Waals surface area contributed by atoms with Crippen LogP contribution >= 0.6 is 0 Å². The van der Waals surface area contributed by atoms with Gasteiger partial charge in [0, 0.05) is 12.1 Å². The second-order valence-corrected chi connectivity index (χ2v) is 4.96. The topological polar surface area (TPSA) is 75.4 Å². The number of hydrogen-bond donors (Lipinski definition) is 3. The SMILES string of the molecule is CC(C)(N)C(C)(C)C(=O)NCC(O)C(F)F. The molecule has 0 rings (SSSR count). The second kappa shape index (κ2) is 5.05. The van der Waals surface area contributed by atoms with Crippen LogP contribution in [0.15, 0.2) is 0 Å². The van der Waals surface area contributed by atoms with Crippen molar-refractivity contribution in [3.8, 4) is 0 Å². The van der Waals surface area contributed by atoms with Crippen molar-refractivity contribution < 1.29 is 18.7 Å². The highest BCUT2D eigenvalue weighted by Crippen LogP contribution is 2.28. The van der Waals surface area contributed by atoms with E-state index in [1.807, 2.05) is 0 Å². The van der Waals surface area contributed by atoms with Crippen LogP contribution in [-0.4, -0.2) is 35.6 Å². The quantitative estimate of drug-likeness (QED) is 0.652. The Labute approximate surface area is 94.2 Å². The summed E-state index contributed by atoms with van der Waals surface area (Å²) >= 11 is 0. The van der Waals surface area contributed by atoms with Crippen molar-refractivity contribution in [1.29, 1.82) is 0 Å². The lowest BCUT2D eigenvalue weighted by molar-refractivity contribution is -0.133. The van der Waals surface area contributed by atoms with Crippen molar-refractivity contribution in [3.05, 3.63) is 0 Å². The number of nitrogens with one attached hydrogen (secondary N) is 1. The van der Waals surface area contributed by atoms with Crippen LogP contribution in [0.5, 0.6) is 0 Å². The molecular weight excluding hydrogens is 218 g/mol. The molecule has 6 heteroatoms. The molecule has 0 saturated carbocycles. The molecule has 0 aliphatic rings. The van der Waals surface area contributed by atoms with Gasteiger partial charge in [0.2, 0.25) is 5.91 Å². The normalized spacial score (nSPS) is 15.1. The lowest BCUT2D eigenvalue weighted by Gasteiger charge is -2.37. The lowest BCUT2D eigenvalue weighted by atomic mass is 9.74. The number of alkyl halides is 2. The Kier molecular flexibility index (Phi) is 4.82. The molecule has 0 fully saturated rings. The molecule has 0 aromatic rings. The van der Waals surface area contributed by atoms with Gasteiger partial charge in [0.1, 0.15) is 6.10 Å². The standard InChI is InChI=1S/C10H20F2N2O2/c1-9(2,10(3,4)13)8(16)14-5-6(15)7(11)12/h6-7,15H,5,13H2,1-4H3,(H,14,16). The number of amides is 1. The molecule has 0 aromatic heterocycles. The minimum Gasteiger partial charge on any atom is -0.385 e. The molecule has 0 aliphatic carbocycles. The van der Waals surface area contributed by atoms with Crippen LogP contribution in [0.3, 0.4) is 0 Å². The van der Waals surface area contributed by atoms with E-state index in [-0.39, 0.29) is 0 Å². The second-order valence-electron chi connectivity index (χ2n) is 4.96. The van der Waals surface area contributed by atoms with E-state index in [4.69, 9.17) is 10.8 Å². The zero-order valence-corrected chi connectivity index (χ0v) is 10.1. The van der Waals surface area contributed by atoms with E-state index >= 15 is 0 Å². The summed E-state index contributed by atoms with van der Waals surface area (Å²) in [6, 6.07) is 0. The molecular formula is C10H20F2N2O2. The van der Waals surface area contributed by atoms with Gasteiger partial charge in [-0.05, 0) is 27.7 Å². The monoisotopic (exact) mass is 238 g/mol. The molecule has 16 heavy (non-hydrogen) atoms.